The van der Waals surface area contributed by atoms with E-state index >= 15 is 0 Å². The predicted molar refractivity (Wildman–Crippen MR) is 110 cm³/mol. The number of amides is 1. The summed E-state index contributed by atoms with van der Waals surface area (Å²) < 4.78 is 5.97. The van der Waals surface area contributed by atoms with Crippen molar-refractivity contribution in [3.63, 3.8) is 0 Å². The molecular formula is C24H31NO2. The molecule has 0 saturated carbocycles. The van der Waals surface area contributed by atoms with Gasteiger partial charge in [-0.25, -0.2) is 0 Å². The zero-order valence-electron chi connectivity index (χ0n) is 16.8. The molecule has 2 atom stereocenters. The summed E-state index contributed by atoms with van der Waals surface area (Å²) in [6.07, 6.45) is 5.92. The fraction of sp³-hybridized carbons (Fsp3) is 0.458. The van der Waals surface area contributed by atoms with Gasteiger partial charge in [-0.05, 0) is 79.8 Å². The average Bonchev–Trinajstić information content (AvgIpc) is 2.69. The van der Waals surface area contributed by atoms with Crippen LogP contribution >= 0.6 is 0 Å². The lowest BCUT2D eigenvalue weighted by Gasteiger charge is -2.24. The Hall–Kier alpha value is -2.29. The molecule has 0 heterocycles. The van der Waals surface area contributed by atoms with Crippen molar-refractivity contribution in [2.24, 2.45) is 0 Å². The Morgan fingerprint density at radius 3 is 2.52 bits per heavy atom. The molecule has 0 aliphatic heterocycles. The molecule has 1 amide bonds. The average molecular weight is 366 g/mol. The van der Waals surface area contributed by atoms with Gasteiger partial charge in [0.15, 0.2) is 6.10 Å². The number of ether oxygens (including phenoxy) is 1. The Morgan fingerprint density at radius 2 is 1.81 bits per heavy atom. The molecule has 1 aliphatic rings. The first kappa shape index (κ1) is 19.5. The normalized spacial score (nSPS) is 15.5. The van der Waals surface area contributed by atoms with E-state index in [1.165, 1.54) is 36.0 Å². The van der Waals surface area contributed by atoms with Gasteiger partial charge in [0.1, 0.15) is 5.75 Å². The van der Waals surface area contributed by atoms with E-state index in [4.69, 9.17) is 4.74 Å². The van der Waals surface area contributed by atoms with E-state index in [0.717, 1.165) is 24.2 Å². The first-order valence-corrected chi connectivity index (χ1v) is 10.3. The van der Waals surface area contributed by atoms with Gasteiger partial charge in [-0.1, -0.05) is 44.2 Å². The largest absolute Gasteiger partial charge is 0.481 e. The highest BCUT2D eigenvalue weighted by molar-refractivity contribution is 5.81. The monoisotopic (exact) mass is 365 g/mol. The number of carbonyl (C=O) groups is 1. The molecule has 1 aliphatic carbocycles. The minimum absolute atomic E-state index is 0.0277. The first-order valence-electron chi connectivity index (χ1n) is 10.3. The van der Waals surface area contributed by atoms with Crippen LogP contribution in [0.5, 0.6) is 5.75 Å². The van der Waals surface area contributed by atoms with Crippen LogP contribution in [-0.2, 0) is 17.6 Å². The molecule has 3 heteroatoms. The summed E-state index contributed by atoms with van der Waals surface area (Å²) in [6.45, 7) is 6.13. The minimum Gasteiger partial charge on any atom is -0.481 e. The van der Waals surface area contributed by atoms with Crippen molar-refractivity contribution < 1.29 is 9.53 Å². The first-order chi connectivity index (χ1) is 13.1. The molecule has 0 aromatic heterocycles. The van der Waals surface area contributed by atoms with Crippen LogP contribution in [0.1, 0.15) is 67.8 Å². The maximum atomic E-state index is 12.9. The second-order valence-corrected chi connectivity index (χ2v) is 7.54. The number of rotatable bonds is 7. The molecule has 1 N–H and O–H groups in total. The molecule has 3 nitrogen and oxygen atoms in total. The number of nitrogens with one attached hydrogen (secondary N) is 1. The van der Waals surface area contributed by atoms with E-state index in [-0.39, 0.29) is 11.9 Å². The fourth-order valence-electron chi connectivity index (χ4n) is 3.83. The molecule has 0 radical (unpaired) electrons. The summed E-state index contributed by atoms with van der Waals surface area (Å²) in [6, 6.07) is 14.6. The van der Waals surface area contributed by atoms with Crippen molar-refractivity contribution in [1.29, 1.82) is 0 Å². The van der Waals surface area contributed by atoms with Crippen molar-refractivity contribution in [1.82, 2.24) is 5.32 Å². The minimum atomic E-state index is -0.474. The van der Waals surface area contributed by atoms with E-state index in [0.29, 0.717) is 6.42 Å². The van der Waals surface area contributed by atoms with Crippen LogP contribution in [0, 0.1) is 6.92 Å². The molecule has 144 valence electrons. The van der Waals surface area contributed by atoms with Crippen LogP contribution in [-0.4, -0.2) is 12.0 Å². The fourth-order valence-corrected chi connectivity index (χ4v) is 3.83. The van der Waals surface area contributed by atoms with E-state index in [9.17, 15) is 4.79 Å². The summed E-state index contributed by atoms with van der Waals surface area (Å²) in [5.74, 6) is 0.711. The van der Waals surface area contributed by atoms with E-state index in [1.807, 2.05) is 38.1 Å². The summed E-state index contributed by atoms with van der Waals surface area (Å²) in [7, 11) is 0. The van der Waals surface area contributed by atoms with Crippen molar-refractivity contribution >= 4 is 5.91 Å². The number of aryl methyl sites for hydroxylation is 3. The van der Waals surface area contributed by atoms with Crippen molar-refractivity contribution in [2.45, 2.75) is 71.4 Å². The van der Waals surface area contributed by atoms with Gasteiger partial charge in [0, 0.05) is 0 Å². The van der Waals surface area contributed by atoms with Crippen LogP contribution in [0.4, 0.5) is 0 Å². The van der Waals surface area contributed by atoms with Crippen LogP contribution in [0.2, 0.25) is 0 Å². The highest BCUT2D eigenvalue weighted by Gasteiger charge is 2.22. The smallest absolute Gasteiger partial charge is 0.261 e. The van der Waals surface area contributed by atoms with Crippen LogP contribution in [0.15, 0.2) is 42.5 Å². The number of benzene rings is 2. The second-order valence-electron chi connectivity index (χ2n) is 7.54. The predicted octanol–water partition coefficient (Wildman–Crippen LogP) is 5.30. The Labute approximate surface area is 163 Å². The molecule has 2 aromatic rings. The molecule has 0 spiro atoms. The van der Waals surface area contributed by atoms with Crippen molar-refractivity contribution in [3.05, 3.63) is 64.7 Å². The maximum Gasteiger partial charge on any atom is 0.261 e. The van der Waals surface area contributed by atoms with Crippen LogP contribution in [0.3, 0.4) is 0 Å². The van der Waals surface area contributed by atoms with Gasteiger partial charge >= 0.3 is 0 Å². The Balaban J connectivity index is 1.69. The molecule has 3 rings (SSSR count). The Kier molecular flexibility index (Phi) is 6.54. The van der Waals surface area contributed by atoms with Crippen molar-refractivity contribution in [2.75, 3.05) is 0 Å². The molecule has 2 aromatic carbocycles. The summed E-state index contributed by atoms with van der Waals surface area (Å²) in [5, 5.41) is 3.21. The molecule has 0 fully saturated rings. The van der Waals surface area contributed by atoms with Gasteiger partial charge in [0.05, 0.1) is 6.04 Å². The zero-order chi connectivity index (χ0) is 19.2. The van der Waals surface area contributed by atoms with E-state index in [1.54, 1.807) is 0 Å². The maximum absolute atomic E-state index is 12.9. The third-order valence-corrected chi connectivity index (χ3v) is 5.43. The molecular weight excluding hydrogens is 334 g/mol. The number of hydrogen-bond acceptors (Lipinski definition) is 2. The van der Waals surface area contributed by atoms with Crippen molar-refractivity contribution in [3.8, 4) is 5.75 Å². The van der Waals surface area contributed by atoms with Gasteiger partial charge in [0.2, 0.25) is 0 Å². The molecule has 0 saturated heterocycles. The third kappa shape index (κ3) is 4.91. The number of hydrogen-bond donors (Lipinski definition) is 1. The number of carbonyl (C=O) groups excluding carboxylic acids is 1. The zero-order valence-corrected chi connectivity index (χ0v) is 16.8. The highest BCUT2D eigenvalue weighted by Crippen LogP contribution is 2.26. The van der Waals surface area contributed by atoms with Crippen LogP contribution in [0.25, 0.3) is 0 Å². The number of fused-ring (bicyclic) bond motifs is 1. The SMILES string of the molecule is CC[C@H](Oc1cccc(C)c1)C(=O)N[C@@H](CC)c1ccc2c(c1)CCCC2. The topological polar surface area (TPSA) is 38.3 Å². The third-order valence-electron chi connectivity index (χ3n) is 5.43. The highest BCUT2D eigenvalue weighted by atomic mass is 16.5. The van der Waals surface area contributed by atoms with Gasteiger partial charge < -0.3 is 10.1 Å². The van der Waals surface area contributed by atoms with Gasteiger partial charge in [0.25, 0.3) is 5.91 Å². The summed E-state index contributed by atoms with van der Waals surface area (Å²) >= 11 is 0. The molecule has 27 heavy (non-hydrogen) atoms. The molecule has 0 unspecified atom stereocenters. The Bertz CT molecular complexity index is 784. The quantitative estimate of drug-likeness (QED) is 0.723. The lowest BCUT2D eigenvalue weighted by atomic mass is 9.88. The van der Waals surface area contributed by atoms with Crippen LogP contribution < -0.4 is 10.1 Å². The van der Waals surface area contributed by atoms with Gasteiger partial charge in [-0.15, -0.1) is 0 Å². The standard InChI is InChI=1S/C24H31NO2/c1-4-22(20-14-13-18-10-6-7-11-19(18)16-20)25-24(26)23(5-2)27-21-12-8-9-17(3)15-21/h8-9,12-16,22-23H,4-7,10-11H2,1-3H3,(H,25,26)/t22-,23-/m0/s1. The van der Waals surface area contributed by atoms with Gasteiger partial charge in [-0.2, -0.15) is 0 Å². The lowest BCUT2D eigenvalue weighted by Crippen LogP contribution is -2.40. The summed E-state index contributed by atoms with van der Waals surface area (Å²) in [4.78, 5) is 12.9. The van der Waals surface area contributed by atoms with E-state index < -0.39 is 6.10 Å². The lowest BCUT2D eigenvalue weighted by molar-refractivity contribution is -0.128. The van der Waals surface area contributed by atoms with Gasteiger partial charge in [-0.3, -0.25) is 4.79 Å². The Morgan fingerprint density at radius 1 is 1.04 bits per heavy atom. The molecule has 0 bridgehead atoms. The second kappa shape index (κ2) is 9.07. The summed E-state index contributed by atoms with van der Waals surface area (Å²) in [5.41, 5.74) is 5.26. The van der Waals surface area contributed by atoms with E-state index in [2.05, 4.69) is 30.4 Å².